The van der Waals surface area contributed by atoms with Crippen molar-refractivity contribution in [1.29, 1.82) is 5.26 Å². The van der Waals surface area contributed by atoms with Gasteiger partial charge in [0.2, 0.25) is 0 Å². The molecule has 0 spiro atoms. The molecule has 1 aliphatic rings. The number of ether oxygens (including phenoxy) is 3. The van der Waals surface area contributed by atoms with Crippen LogP contribution in [0.1, 0.15) is 47.1 Å². The number of nitriles is 1. The predicted octanol–water partition coefficient (Wildman–Crippen LogP) is 5.50. The Balaban J connectivity index is 1.74. The minimum absolute atomic E-state index is 0.198. The highest BCUT2D eigenvalue weighted by molar-refractivity contribution is 6.09. The van der Waals surface area contributed by atoms with Gasteiger partial charge in [-0.2, -0.15) is 5.26 Å². The number of carbonyl (C=O) groups excluding carboxylic acids is 1. The highest BCUT2D eigenvalue weighted by atomic mass is 19.1. The number of hydrogen-bond acceptors (Lipinski definition) is 7. The first-order valence-electron chi connectivity index (χ1n) is 12.8. The van der Waals surface area contributed by atoms with Crippen LogP contribution in [-0.2, 0) is 20.8 Å². The number of fused-ring (bicyclic) bond motifs is 3. The number of amides is 1. The molecule has 0 aliphatic carbocycles. The van der Waals surface area contributed by atoms with E-state index in [0.717, 1.165) is 0 Å². The highest BCUT2D eigenvalue weighted by Gasteiger charge is 2.34. The van der Waals surface area contributed by atoms with E-state index in [1.165, 1.54) is 17.0 Å². The molecule has 0 radical (unpaired) electrons. The molecular formula is C28H31FN6O4. The number of rotatable bonds is 5. The van der Waals surface area contributed by atoms with Gasteiger partial charge in [-0.1, -0.05) is 0 Å². The van der Waals surface area contributed by atoms with E-state index in [1.807, 2.05) is 37.5 Å². The lowest BCUT2D eigenvalue weighted by molar-refractivity contribution is -0.139. The van der Waals surface area contributed by atoms with Gasteiger partial charge in [-0.15, -0.1) is 0 Å². The van der Waals surface area contributed by atoms with Crippen molar-refractivity contribution in [3.8, 4) is 17.3 Å². The zero-order valence-corrected chi connectivity index (χ0v) is 22.8. The summed E-state index contributed by atoms with van der Waals surface area (Å²) in [7, 11) is 0. The van der Waals surface area contributed by atoms with Crippen molar-refractivity contribution in [2.75, 3.05) is 18.1 Å². The molecule has 204 valence electrons. The summed E-state index contributed by atoms with van der Waals surface area (Å²) in [5, 5.41) is 10.2. The van der Waals surface area contributed by atoms with Crippen molar-refractivity contribution in [2.45, 2.75) is 65.6 Å². The van der Waals surface area contributed by atoms with Crippen molar-refractivity contribution in [3.63, 3.8) is 0 Å². The molecule has 1 aromatic carbocycles. The Morgan fingerprint density at radius 2 is 2.10 bits per heavy atom. The zero-order chi connectivity index (χ0) is 28.1. The van der Waals surface area contributed by atoms with E-state index in [-0.39, 0.29) is 11.7 Å². The van der Waals surface area contributed by atoms with Crippen LogP contribution in [0.15, 0.2) is 30.6 Å². The average Bonchev–Trinajstić information content (AvgIpc) is 3.55. The van der Waals surface area contributed by atoms with Crippen molar-refractivity contribution < 1.29 is 23.4 Å². The number of aromatic amines is 1. The molecule has 0 bridgehead atoms. The molecule has 0 saturated carbocycles. The monoisotopic (exact) mass is 534 g/mol. The topological polar surface area (TPSA) is 118 Å². The first-order valence-corrected chi connectivity index (χ1v) is 12.8. The molecule has 3 aromatic heterocycles. The summed E-state index contributed by atoms with van der Waals surface area (Å²) in [6.45, 7) is 11.9. The van der Waals surface area contributed by atoms with Crippen LogP contribution in [0.3, 0.4) is 0 Å². The van der Waals surface area contributed by atoms with Gasteiger partial charge in [0.15, 0.2) is 11.6 Å². The smallest absolute Gasteiger partial charge is 0.416 e. The summed E-state index contributed by atoms with van der Waals surface area (Å²) in [4.78, 5) is 27.2. The highest BCUT2D eigenvalue weighted by Crippen LogP contribution is 2.37. The lowest BCUT2D eigenvalue weighted by Gasteiger charge is -2.26. The lowest BCUT2D eigenvalue weighted by Crippen LogP contribution is -2.37. The molecule has 10 nitrogen and oxygen atoms in total. The van der Waals surface area contributed by atoms with Gasteiger partial charge in [0.1, 0.15) is 34.2 Å². The summed E-state index contributed by atoms with van der Waals surface area (Å²) in [6.07, 6.45) is 0.692. The fraction of sp³-hybridized carbons (Fsp3) is 0.429. The van der Waals surface area contributed by atoms with Crippen LogP contribution in [-0.4, -0.2) is 56.3 Å². The number of pyridine rings is 1. The fourth-order valence-electron chi connectivity index (χ4n) is 4.82. The third-order valence-electron chi connectivity index (χ3n) is 6.36. The quantitative estimate of drug-likeness (QED) is 0.359. The molecule has 11 heteroatoms. The molecule has 1 aliphatic heterocycles. The van der Waals surface area contributed by atoms with Crippen LogP contribution in [0, 0.1) is 17.1 Å². The first kappa shape index (κ1) is 26.6. The number of hydrogen-bond donors (Lipinski definition) is 1. The molecule has 4 aromatic rings. The lowest BCUT2D eigenvalue weighted by atomic mass is 10.1. The normalized spacial score (nSPS) is 17.0. The standard InChI is InChI=1S/C28H31FN6O4/c1-7-34(26(36)39-27(2,3)4)25-23-22(31-15-32-23)20-11-21(17-8-16(12-30)9-18(29)10-17)35(24(20)33-25)13-19-14-37-28(5,6)38-19/h8-11,15,19H,7,13-14H2,1-6H3,(H,31,32)/t19-/m0/s1. The van der Waals surface area contributed by atoms with E-state index in [1.54, 1.807) is 33.2 Å². The van der Waals surface area contributed by atoms with Gasteiger partial charge in [0.25, 0.3) is 0 Å². The molecular weight excluding hydrogens is 503 g/mol. The molecule has 5 rings (SSSR count). The van der Waals surface area contributed by atoms with Crippen LogP contribution in [0.4, 0.5) is 15.0 Å². The Bertz CT molecular complexity index is 1610. The maximum atomic E-state index is 14.5. The number of H-pyrrole nitrogens is 1. The van der Waals surface area contributed by atoms with Crippen molar-refractivity contribution in [1.82, 2.24) is 19.5 Å². The molecule has 1 fully saturated rings. The molecule has 1 saturated heterocycles. The SMILES string of the molecule is CCN(C(=O)OC(C)(C)C)c1nc2c(cc(-c3cc(F)cc(C#N)c3)n2C[C@H]2COC(C)(C)O2)c2nc[nH]c12. The van der Waals surface area contributed by atoms with E-state index in [9.17, 15) is 14.4 Å². The number of anilines is 1. The second kappa shape index (κ2) is 9.63. The van der Waals surface area contributed by atoms with Crippen LogP contribution >= 0.6 is 0 Å². The second-order valence-electron chi connectivity index (χ2n) is 11.0. The number of benzene rings is 1. The molecule has 4 heterocycles. The van der Waals surface area contributed by atoms with Crippen molar-refractivity contribution >= 4 is 34.0 Å². The molecule has 1 amide bonds. The zero-order valence-electron chi connectivity index (χ0n) is 22.8. The number of nitrogens with one attached hydrogen (secondary N) is 1. The number of halogens is 1. The van der Waals surface area contributed by atoms with Gasteiger partial charge in [-0.3, -0.25) is 4.90 Å². The summed E-state index contributed by atoms with van der Waals surface area (Å²) in [6, 6.07) is 8.09. The third kappa shape index (κ3) is 5.17. The molecule has 39 heavy (non-hydrogen) atoms. The summed E-state index contributed by atoms with van der Waals surface area (Å²) in [5.74, 6) is -0.911. The minimum Gasteiger partial charge on any atom is -0.443 e. The van der Waals surface area contributed by atoms with Crippen LogP contribution in [0.2, 0.25) is 0 Å². The molecule has 1 atom stereocenters. The first-order chi connectivity index (χ1) is 18.4. The maximum Gasteiger partial charge on any atom is 0.416 e. The Morgan fingerprint density at radius 3 is 2.74 bits per heavy atom. The van der Waals surface area contributed by atoms with Crippen molar-refractivity contribution in [2.24, 2.45) is 0 Å². The Hall–Kier alpha value is -4.01. The molecule has 1 N–H and O–H groups in total. The van der Waals surface area contributed by atoms with Gasteiger partial charge in [0, 0.05) is 17.5 Å². The number of aromatic nitrogens is 4. The summed E-state index contributed by atoms with van der Waals surface area (Å²) >= 11 is 0. The minimum atomic E-state index is -0.746. The van der Waals surface area contributed by atoms with Crippen LogP contribution < -0.4 is 4.90 Å². The number of imidazole rings is 1. The van der Waals surface area contributed by atoms with Crippen LogP contribution in [0.25, 0.3) is 33.3 Å². The van der Waals surface area contributed by atoms with Crippen molar-refractivity contribution in [3.05, 3.63) is 42.0 Å². The molecule has 0 unspecified atom stereocenters. The average molecular weight is 535 g/mol. The van der Waals surface area contributed by atoms with E-state index in [0.29, 0.717) is 58.8 Å². The van der Waals surface area contributed by atoms with Crippen LogP contribution in [0.5, 0.6) is 0 Å². The van der Waals surface area contributed by atoms with Gasteiger partial charge in [-0.05, 0) is 65.8 Å². The Labute approximate surface area is 225 Å². The Morgan fingerprint density at radius 1 is 1.33 bits per heavy atom. The van der Waals surface area contributed by atoms with Gasteiger partial charge >= 0.3 is 6.09 Å². The van der Waals surface area contributed by atoms with Gasteiger partial charge in [0.05, 0.1) is 36.8 Å². The van der Waals surface area contributed by atoms with E-state index >= 15 is 0 Å². The summed E-state index contributed by atoms with van der Waals surface area (Å²) < 4.78 is 34.0. The second-order valence-corrected chi connectivity index (χ2v) is 11.0. The van der Waals surface area contributed by atoms with E-state index in [4.69, 9.17) is 19.2 Å². The maximum absolute atomic E-state index is 14.5. The predicted molar refractivity (Wildman–Crippen MR) is 144 cm³/mol. The third-order valence-corrected chi connectivity index (χ3v) is 6.36. The number of nitrogens with zero attached hydrogens (tertiary/aromatic N) is 5. The fourth-order valence-corrected chi connectivity index (χ4v) is 4.82. The Kier molecular flexibility index (Phi) is 6.56. The van der Waals surface area contributed by atoms with E-state index < -0.39 is 23.3 Å². The van der Waals surface area contributed by atoms with Gasteiger partial charge in [-0.25, -0.2) is 19.2 Å². The van der Waals surface area contributed by atoms with E-state index in [2.05, 4.69) is 9.97 Å². The number of carbonyl (C=O) groups is 1. The van der Waals surface area contributed by atoms with Gasteiger partial charge < -0.3 is 23.8 Å². The largest absolute Gasteiger partial charge is 0.443 e. The summed E-state index contributed by atoms with van der Waals surface area (Å²) in [5.41, 5.74) is 2.32.